The molecule has 0 aliphatic carbocycles. The largest absolute Gasteiger partial charge is 0.465 e. The number of hydrogen-bond donors (Lipinski definition) is 3. The molecule has 1 unspecified atom stereocenters. The van der Waals surface area contributed by atoms with Crippen molar-refractivity contribution >= 4 is 17.3 Å². The summed E-state index contributed by atoms with van der Waals surface area (Å²) in [5, 5.41) is 11.7. The highest BCUT2D eigenvalue weighted by Gasteiger charge is 2.31. The molecule has 1 fully saturated rings. The van der Waals surface area contributed by atoms with Gasteiger partial charge in [-0.05, 0) is 18.8 Å². The van der Waals surface area contributed by atoms with Gasteiger partial charge in [0.15, 0.2) is 11.2 Å². The van der Waals surface area contributed by atoms with Gasteiger partial charge in [-0.2, -0.15) is 0 Å². The first kappa shape index (κ1) is 16.2. The second-order valence-electron chi connectivity index (χ2n) is 5.90. The molecule has 3 rings (SSSR count). The van der Waals surface area contributed by atoms with Crippen LogP contribution >= 0.6 is 0 Å². The van der Waals surface area contributed by atoms with Crippen molar-refractivity contribution in [3.63, 3.8) is 0 Å². The molecule has 0 saturated carbocycles. The van der Waals surface area contributed by atoms with Gasteiger partial charge < -0.3 is 19.7 Å². The number of carboxylic acid groups (broad SMARTS) is 1. The minimum Gasteiger partial charge on any atom is -0.465 e. The van der Waals surface area contributed by atoms with Gasteiger partial charge in [-0.15, -0.1) is 0 Å². The van der Waals surface area contributed by atoms with Crippen molar-refractivity contribution in [1.29, 1.82) is 0 Å². The van der Waals surface area contributed by atoms with Crippen LogP contribution in [-0.4, -0.2) is 43.5 Å². The predicted molar refractivity (Wildman–Crippen MR) is 84.0 cm³/mol. The number of aromatic amines is 1. The van der Waals surface area contributed by atoms with Crippen LogP contribution in [0, 0.1) is 5.92 Å². The molecule has 1 atom stereocenters. The van der Waals surface area contributed by atoms with Gasteiger partial charge in [-0.1, -0.05) is 0 Å². The molecular formula is C14H19N5O5. The number of fused-ring (bicyclic) bond motifs is 1. The number of imidazole rings is 1. The van der Waals surface area contributed by atoms with Crippen LogP contribution in [-0.2, 0) is 18.8 Å². The standard InChI is InChI=1S/C14H19N5O5/c1-18-9-11(19(2)13(21)17-12(9)20)16-10(18)8(15-14(22)23)7-3-5-24-6-4-7/h7-8,15H,3-6H2,1-2H3,(H,22,23)(H,17,20,21). The smallest absolute Gasteiger partial charge is 0.405 e. The summed E-state index contributed by atoms with van der Waals surface area (Å²) in [5.74, 6) is 0.410. The molecule has 2 aromatic rings. The summed E-state index contributed by atoms with van der Waals surface area (Å²) >= 11 is 0. The lowest BCUT2D eigenvalue weighted by atomic mass is 9.91. The van der Waals surface area contributed by atoms with E-state index in [1.807, 2.05) is 0 Å². The van der Waals surface area contributed by atoms with E-state index in [4.69, 9.17) is 4.74 Å². The summed E-state index contributed by atoms with van der Waals surface area (Å²) < 4.78 is 8.11. The topological polar surface area (TPSA) is 131 Å². The number of H-pyrrole nitrogens is 1. The molecule has 130 valence electrons. The molecule has 1 saturated heterocycles. The summed E-state index contributed by atoms with van der Waals surface area (Å²) in [6, 6.07) is -0.585. The highest BCUT2D eigenvalue weighted by atomic mass is 16.5. The number of nitrogens with one attached hydrogen (secondary N) is 2. The van der Waals surface area contributed by atoms with Gasteiger partial charge >= 0.3 is 11.8 Å². The van der Waals surface area contributed by atoms with Crippen LogP contribution in [0.2, 0.25) is 0 Å². The Labute approximate surface area is 136 Å². The van der Waals surface area contributed by atoms with E-state index in [1.54, 1.807) is 11.6 Å². The first-order valence-electron chi connectivity index (χ1n) is 7.63. The summed E-state index contributed by atoms with van der Waals surface area (Å²) in [5.41, 5.74) is -0.650. The van der Waals surface area contributed by atoms with Gasteiger partial charge in [-0.25, -0.2) is 14.6 Å². The quantitative estimate of drug-likeness (QED) is 0.704. The zero-order chi connectivity index (χ0) is 17.4. The van der Waals surface area contributed by atoms with Gasteiger partial charge in [0, 0.05) is 27.3 Å². The number of carbonyl (C=O) groups is 1. The monoisotopic (exact) mass is 337 g/mol. The van der Waals surface area contributed by atoms with E-state index in [2.05, 4.69) is 15.3 Å². The van der Waals surface area contributed by atoms with E-state index in [0.717, 1.165) is 0 Å². The molecule has 24 heavy (non-hydrogen) atoms. The van der Waals surface area contributed by atoms with Crippen molar-refractivity contribution in [3.05, 3.63) is 26.7 Å². The fraction of sp³-hybridized carbons (Fsp3) is 0.571. The number of aryl methyl sites for hydroxylation is 2. The SMILES string of the molecule is Cn1c(C(NC(=O)O)C2CCOCC2)nc2c1c(=O)[nH]c(=O)n2C. The molecule has 0 bridgehead atoms. The van der Waals surface area contributed by atoms with Gasteiger partial charge in [0.1, 0.15) is 5.82 Å². The maximum Gasteiger partial charge on any atom is 0.405 e. The molecular weight excluding hydrogens is 318 g/mol. The van der Waals surface area contributed by atoms with Gasteiger partial charge in [-0.3, -0.25) is 14.3 Å². The average molecular weight is 337 g/mol. The molecule has 3 heterocycles. The Morgan fingerprint density at radius 2 is 2.00 bits per heavy atom. The first-order chi connectivity index (χ1) is 11.4. The van der Waals surface area contributed by atoms with Crippen LogP contribution in [0.25, 0.3) is 11.2 Å². The van der Waals surface area contributed by atoms with Crippen LogP contribution < -0.4 is 16.6 Å². The van der Waals surface area contributed by atoms with Crippen LogP contribution in [0.3, 0.4) is 0 Å². The van der Waals surface area contributed by atoms with Gasteiger partial charge in [0.25, 0.3) is 5.56 Å². The Balaban J connectivity index is 2.17. The van der Waals surface area contributed by atoms with E-state index >= 15 is 0 Å². The Hall–Kier alpha value is -2.62. The summed E-state index contributed by atoms with van der Waals surface area (Å²) in [7, 11) is 3.14. The second kappa shape index (κ2) is 6.11. The van der Waals surface area contributed by atoms with Crippen molar-refractivity contribution in [2.45, 2.75) is 18.9 Å². The second-order valence-corrected chi connectivity index (χ2v) is 5.90. The lowest BCUT2D eigenvalue weighted by Gasteiger charge is -2.29. The average Bonchev–Trinajstić information content (AvgIpc) is 2.89. The third kappa shape index (κ3) is 2.68. The highest BCUT2D eigenvalue weighted by Crippen LogP contribution is 2.30. The Morgan fingerprint density at radius 3 is 2.62 bits per heavy atom. The normalized spacial score (nSPS) is 17.1. The molecule has 1 aliphatic rings. The summed E-state index contributed by atoms with van der Waals surface area (Å²) in [6.07, 6.45) is 0.203. The Bertz CT molecular complexity index is 889. The van der Waals surface area contributed by atoms with Crippen LogP contribution in [0.15, 0.2) is 9.59 Å². The molecule has 10 nitrogen and oxygen atoms in total. The molecule has 0 aromatic carbocycles. The van der Waals surface area contributed by atoms with E-state index in [1.165, 1.54) is 11.6 Å². The number of nitrogens with zero attached hydrogens (tertiary/aromatic N) is 3. The number of ether oxygens (including phenoxy) is 1. The number of amides is 1. The third-order valence-corrected chi connectivity index (χ3v) is 4.46. The lowest BCUT2D eigenvalue weighted by Crippen LogP contribution is -2.36. The van der Waals surface area contributed by atoms with Gasteiger partial charge in [0.05, 0.1) is 6.04 Å². The van der Waals surface area contributed by atoms with Crippen LogP contribution in [0.1, 0.15) is 24.7 Å². The molecule has 10 heteroatoms. The molecule has 1 aliphatic heterocycles. The number of hydrogen-bond acceptors (Lipinski definition) is 5. The number of aromatic nitrogens is 4. The van der Waals surface area contributed by atoms with Crippen LogP contribution in [0.4, 0.5) is 4.79 Å². The molecule has 3 N–H and O–H groups in total. The molecule has 2 aromatic heterocycles. The lowest BCUT2D eigenvalue weighted by molar-refractivity contribution is 0.0520. The Kier molecular flexibility index (Phi) is 4.14. The fourth-order valence-electron chi connectivity index (χ4n) is 3.18. The minimum absolute atomic E-state index is 0.00136. The van der Waals surface area contributed by atoms with E-state index in [0.29, 0.717) is 31.9 Å². The maximum atomic E-state index is 12.1. The molecule has 0 spiro atoms. The summed E-state index contributed by atoms with van der Waals surface area (Å²) in [6.45, 7) is 1.09. The van der Waals surface area contributed by atoms with Crippen LogP contribution in [0.5, 0.6) is 0 Å². The van der Waals surface area contributed by atoms with Crippen molar-refractivity contribution in [1.82, 2.24) is 24.4 Å². The predicted octanol–water partition coefficient (Wildman–Crippen LogP) is -0.304. The maximum absolute atomic E-state index is 12.1. The molecule has 0 radical (unpaired) electrons. The zero-order valence-corrected chi connectivity index (χ0v) is 13.4. The summed E-state index contributed by atoms with van der Waals surface area (Å²) in [4.78, 5) is 41.7. The van der Waals surface area contributed by atoms with Crippen molar-refractivity contribution in [2.24, 2.45) is 20.0 Å². The van der Waals surface area contributed by atoms with E-state index in [-0.39, 0.29) is 17.1 Å². The first-order valence-corrected chi connectivity index (χ1v) is 7.63. The highest BCUT2D eigenvalue weighted by molar-refractivity contribution is 5.71. The minimum atomic E-state index is -1.17. The Morgan fingerprint density at radius 1 is 1.33 bits per heavy atom. The van der Waals surface area contributed by atoms with Crippen molar-refractivity contribution in [2.75, 3.05) is 13.2 Å². The van der Waals surface area contributed by atoms with Gasteiger partial charge in [0.2, 0.25) is 0 Å². The third-order valence-electron chi connectivity index (χ3n) is 4.46. The number of rotatable bonds is 3. The molecule has 1 amide bonds. The zero-order valence-electron chi connectivity index (χ0n) is 13.4. The fourth-order valence-corrected chi connectivity index (χ4v) is 3.18. The van der Waals surface area contributed by atoms with Crippen molar-refractivity contribution in [3.8, 4) is 0 Å². The van der Waals surface area contributed by atoms with E-state index < -0.39 is 23.4 Å². The van der Waals surface area contributed by atoms with E-state index in [9.17, 15) is 19.5 Å². The van der Waals surface area contributed by atoms with Crippen molar-refractivity contribution < 1.29 is 14.6 Å².